The molecule has 0 aromatic rings. The first kappa shape index (κ1) is 10.9. The third-order valence-electron chi connectivity index (χ3n) is 1.12. The number of esters is 1. The van der Waals surface area contributed by atoms with Crippen LogP contribution in [0, 0.1) is 0 Å². The Bertz CT molecular complexity index is 125. The summed E-state index contributed by atoms with van der Waals surface area (Å²) in [6.07, 6.45) is -0.521. The molecule has 0 heterocycles. The van der Waals surface area contributed by atoms with Crippen LogP contribution in [-0.4, -0.2) is 39.8 Å². The zero-order chi connectivity index (χ0) is 8.85. The molecule has 0 aromatic carbocycles. The van der Waals surface area contributed by atoms with E-state index in [9.17, 15) is 4.79 Å². The second kappa shape index (κ2) is 5.58. The minimum absolute atomic E-state index is 0.252. The number of ether oxygens (including phenoxy) is 1. The monoisotopic (exact) mass is 226 g/mol. The number of hydrogen-bond acceptors (Lipinski definition) is 3. The Morgan fingerprint density at radius 1 is 1.73 bits per heavy atom. The second-order valence-electron chi connectivity index (χ2n) is 2.35. The Balaban J connectivity index is 3.64. The predicted molar refractivity (Wildman–Crippen MR) is 43.8 cm³/mol. The van der Waals surface area contributed by atoms with Gasteiger partial charge in [0.15, 0.2) is 0 Å². The van der Waals surface area contributed by atoms with Crippen molar-refractivity contribution in [3.8, 4) is 0 Å². The molecule has 4 heteroatoms. The molecule has 11 heavy (non-hydrogen) atoms. The average Bonchev–Trinajstić information content (AvgIpc) is 1.86. The van der Waals surface area contributed by atoms with Gasteiger partial charge in [0, 0.05) is 0 Å². The number of aliphatic hydroxyl groups is 1. The molecule has 2 atom stereocenters. The van der Waals surface area contributed by atoms with Crippen LogP contribution in [0.3, 0.4) is 0 Å². The number of carbonyl (C=O) groups excluding carboxylic acids is 1. The predicted octanol–water partition coefficient (Wildman–Crippen LogP) is 0.00970. The summed E-state index contributed by atoms with van der Waals surface area (Å²) < 4.78 is 4.61. The molecular formula is C7H14O3Se. The van der Waals surface area contributed by atoms with E-state index in [1.54, 1.807) is 6.92 Å². The van der Waals surface area contributed by atoms with E-state index < -0.39 is 12.1 Å². The fourth-order valence-corrected chi connectivity index (χ4v) is 1.08. The molecule has 0 fully saturated rings. The fraction of sp³-hybridized carbons (Fsp3) is 0.857. The molecule has 1 N–H and O–H groups in total. The Kier molecular flexibility index (Phi) is 5.56. The third kappa shape index (κ3) is 5.24. The summed E-state index contributed by atoms with van der Waals surface area (Å²) in [5.74, 6) is -0.523. The molecule has 0 aromatic heterocycles. The van der Waals surface area contributed by atoms with Gasteiger partial charge < -0.3 is 0 Å². The van der Waals surface area contributed by atoms with Crippen LogP contribution in [0.4, 0.5) is 0 Å². The van der Waals surface area contributed by atoms with Gasteiger partial charge in [-0.05, 0) is 0 Å². The van der Waals surface area contributed by atoms with Crippen LogP contribution in [0.1, 0.15) is 20.3 Å². The number of aliphatic hydroxyl groups excluding tert-OH is 1. The third-order valence-corrected chi connectivity index (χ3v) is 1.57. The van der Waals surface area contributed by atoms with E-state index >= 15 is 0 Å². The van der Waals surface area contributed by atoms with Gasteiger partial charge in [0.2, 0.25) is 0 Å². The van der Waals surface area contributed by atoms with Crippen LogP contribution in [-0.2, 0) is 9.53 Å². The van der Waals surface area contributed by atoms with Crippen molar-refractivity contribution in [2.24, 2.45) is 0 Å². The summed E-state index contributed by atoms with van der Waals surface area (Å²) in [5.41, 5.74) is 0. The standard InChI is InChI=1S/C7H14O3Se/c1-3-10-7(9)6(8)4-5(2)11/h5-6,8,11H,3-4H2,1-2H3. The van der Waals surface area contributed by atoms with E-state index in [4.69, 9.17) is 5.11 Å². The van der Waals surface area contributed by atoms with Gasteiger partial charge in [0.1, 0.15) is 0 Å². The van der Waals surface area contributed by atoms with Crippen molar-refractivity contribution < 1.29 is 14.6 Å². The Hall–Kier alpha value is -0.0505. The molecule has 66 valence electrons. The molecule has 0 aliphatic rings. The number of hydrogen-bond donors (Lipinski definition) is 1. The molecule has 0 radical (unpaired) electrons. The van der Waals surface area contributed by atoms with Crippen LogP contribution >= 0.6 is 0 Å². The summed E-state index contributed by atoms with van der Waals surface area (Å²) in [4.78, 5) is 11.1. The van der Waals surface area contributed by atoms with Gasteiger partial charge >= 0.3 is 74.4 Å². The van der Waals surface area contributed by atoms with Crippen molar-refractivity contribution in [1.82, 2.24) is 0 Å². The van der Waals surface area contributed by atoms with Gasteiger partial charge in [-0.25, -0.2) is 0 Å². The van der Waals surface area contributed by atoms with E-state index in [1.165, 1.54) is 0 Å². The van der Waals surface area contributed by atoms with Crippen LogP contribution in [0.15, 0.2) is 0 Å². The van der Waals surface area contributed by atoms with Crippen molar-refractivity contribution in [3.05, 3.63) is 0 Å². The van der Waals surface area contributed by atoms with E-state index in [2.05, 4.69) is 20.7 Å². The summed E-state index contributed by atoms with van der Waals surface area (Å²) >= 11 is 2.37. The van der Waals surface area contributed by atoms with E-state index in [0.717, 1.165) is 0 Å². The van der Waals surface area contributed by atoms with Gasteiger partial charge in [-0.3, -0.25) is 0 Å². The van der Waals surface area contributed by atoms with Crippen molar-refractivity contribution >= 4 is 22.0 Å². The first-order valence-electron chi connectivity index (χ1n) is 3.60. The SMILES string of the molecule is CCOC(=O)C(O)CC(C)[SeH]. The van der Waals surface area contributed by atoms with E-state index in [-0.39, 0.29) is 4.82 Å². The molecule has 2 unspecified atom stereocenters. The molecule has 0 saturated heterocycles. The summed E-state index contributed by atoms with van der Waals surface area (Å²) in [5, 5.41) is 9.13. The number of carbonyl (C=O) groups is 1. The summed E-state index contributed by atoms with van der Waals surface area (Å²) in [6, 6.07) is 0. The second-order valence-corrected chi connectivity index (χ2v) is 4.20. The van der Waals surface area contributed by atoms with Crippen molar-refractivity contribution in [2.45, 2.75) is 31.2 Å². The Morgan fingerprint density at radius 2 is 2.27 bits per heavy atom. The summed E-state index contributed by atoms with van der Waals surface area (Å²) in [6.45, 7) is 3.96. The Labute approximate surface area is 74.9 Å². The Morgan fingerprint density at radius 3 is 2.64 bits per heavy atom. The van der Waals surface area contributed by atoms with Crippen LogP contribution in [0.5, 0.6) is 0 Å². The molecule has 0 saturated carbocycles. The molecular weight excluding hydrogens is 211 g/mol. The first-order valence-corrected chi connectivity index (χ1v) is 4.69. The molecule has 0 amide bonds. The normalized spacial score (nSPS) is 15.6. The molecule has 0 rings (SSSR count). The maximum atomic E-state index is 10.8. The van der Waals surface area contributed by atoms with Crippen molar-refractivity contribution in [1.29, 1.82) is 0 Å². The minimum atomic E-state index is -0.965. The van der Waals surface area contributed by atoms with Gasteiger partial charge in [-0.15, -0.1) is 0 Å². The molecule has 0 aliphatic heterocycles. The van der Waals surface area contributed by atoms with Gasteiger partial charge in [0.25, 0.3) is 0 Å². The molecule has 0 spiro atoms. The number of rotatable bonds is 4. The van der Waals surface area contributed by atoms with Crippen molar-refractivity contribution in [3.63, 3.8) is 0 Å². The van der Waals surface area contributed by atoms with Crippen LogP contribution < -0.4 is 0 Å². The van der Waals surface area contributed by atoms with Gasteiger partial charge in [-0.1, -0.05) is 0 Å². The first-order chi connectivity index (χ1) is 5.07. The topological polar surface area (TPSA) is 46.5 Å². The maximum absolute atomic E-state index is 10.8. The molecule has 0 aliphatic carbocycles. The molecule has 3 nitrogen and oxygen atoms in total. The zero-order valence-corrected chi connectivity index (χ0v) is 8.66. The zero-order valence-electron chi connectivity index (χ0n) is 6.78. The fourth-order valence-electron chi connectivity index (χ4n) is 0.658. The van der Waals surface area contributed by atoms with Crippen molar-refractivity contribution in [2.75, 3.05) is 6.61 Å². The van der Waals surface area contributed by atoms with Crippen LogP contribution in [0.2, 0.25) is 4.82 Å². The van der Waals surface area contributed by atoms with Gasteiger partial charge in [0.05, 0.1) is 0 Å². The van der Waals surface area contributed by atoms with E-state index in [0.29, 0.717) is 13.0 Å². The van der Waals surface area contributed by atoms with E-state index in [1.807, 2.05) is 6.92 Å². The summed E-state index contributed by atoms with van der Waals surface area (Å²) in [7, 11) is 0. The van der Waals surface area contributed by atoms with Crippen LogP contribution in [0.25, 0.3) is 0 Å². The average molecular weight is 225 g/mol. The quantitative estimate of drug-likeness (QED) is 0.541. The molecule has 0 bridgehead atoms. The van der Waals surface area contributed by atoms with Gasteiger partial charge in [-0.2, -0.15) is 0 Å².